The fourth-order valence-electron chi connectivity index (χ4n) is 2.20. The number of nitrogens with zero attached hydrogens (tertiary/aromatic N) is 1. The molecule has 0 aliphatic heterocycles. The number of benzene rings is 1. The summed E-state index contributed by atoms with van der Waals surface area (Å²) in [6, 6.07) is 4.98. The first-order valence-electron chi connectivity index (χ1n) is 5.94. The topological polar surface area (TPSA) is 77.8 Å². The molecule has 1 heterocycles. The third-order valence-corrected chi connectivity index (χ3v) is 3.12. The SMILES string of the molecule is COc1cc(OC)c2c(c1)cc(CC(=O)O)c(=O)n2C. The number of carboxylic acid groups (broad SMARTS) is 1. The van der Waals surface area contributed by atoms with Crippen LogP contribution in [0, 0.1) is 0 Å². The van der Waals surface area contributed by atoms with E-state index in [0.717, 1.165) is 0 Å². The largest absolute Gasteiger partial charge is 0.497 e. The highest BCUT2D eigenvalue weighted by molar-refractivity contribution is 5.88. The van der Waals surface area contributed by atoms with Crippen molar-refractivity contribution >= 4 is 16.9 Å². The summed E-state index contributed by atoms with van der Waals surface area (Å²) in [6.07, 6.45) is -0.317. The van der Waals surface area contributed by atoms with E-state index in [4.69, 9.17) is 14.6 Å². The number of aromatic nitrogens is 1. The molecule has 106 valence electrons. The van der Waals surface area contributed by atoms with E-state index >= 15 is 0 Å². The van der Waals surface area contributed by atoms with E-state index in [0.29, 0.717) is 22.4 Å². The van der Waals surface area contributed by atoms with E-state index in [-0.39, 0.29) is 17.5 Å². The lowest BCUT2D eigenvalue weighted by molar-refractivity contribution is -0.136. The van der Waals surface area contributed by atoms with Crippen molar-refractivity contribution in [3.8, 4) is 11.5 Å². The molecule has 1 N–H and O–H groups in total. The second kappa shape index (κ2) is 5.24. The summed E-state index contributed by atoms with van der Waals surface area (Å²) >= 11 is 0. The molecule has 0 saturated heterocycles. The predicted molar refractivity (Wildman–Crippen MR) is 73.6 cm³/mol. The van der Waals surface area contributed by atoms with Gasteiger partial charge in [-0.25, -0.2) is 0 Å². The molecule has 6 nitrogen and oxygen atoms in total. The van der Waals surface area contributed by atoms with Gasteiger partial charge in [0, 0.05) is 24.1 Å². The van der Waals surface area contributed by atoms with Crippen molar-refractivity contribution in [1.29, 1.82) is 0 Å². The van der Waals surface area contributed by atoms with E-state index in [2.05, 4.69) is 0 Å². The van der Waals surface area contributed by atoms with Gasteiger partial charge in [-0.3, -0.25) is 9.59 Å². The molecular weight excluding hydrogens is 262 g/mol. The quantitative estimate of drug-likeness (QED) is 0.908. The van der Waals surface area contributed by atoms with Crippen LogP contribution in [0.15, 0.2) is 23.0 Å². The highest BCUT2D eigenvalue weighted by Gasteiger charge is 2.14. The second-order valence-corrected chi connectivity index (χ2v) is 4.37. The lowest BCUT2D eigenvalue weighted by Gasteiger charge is -2.13. The van der Waals surface area contributed by atoms with Gasteiger partial charge in [0.05, 0.1) is 26.2 Å². The van der Waals surface area contributed by atoms with E-state index in [1.165, 1.54) is 18.8 Å². The van der Waals surface area contributed by atoms with Crippen molar-refractivity contribution in [2.45, 2.75) is 6.42 Å². The summed E-state index contributed by atoms with van der Waals surface area (Å²) in [4.78, 5) is 23.0. The van der Waals surface area contributed by atoms with Crippen LogP contribution in [0.25, 0.3) is 10.9 Å². The van der Waals surface area contributed by atoms with E-state index in [1.54, 1.807) is 25.2 Å². The molecule has 1 aromatic heterocycles. The Morgan fingerprint density at radius 1 is 1.25 bits per heavy atom. The average molecular weight is 277 g/mol. The lowest BCUT2D eigenvalue weighted by atomic mass is 10.1. The lowest BCUT2D eigenvalue weighted by Crippen LogP contribution is -2.23. The highest BCUT2D eigenvalue weighted by atomic mass is 16.5. The van der Waals surface area contributed by atoms with Gasteiger partial charge < -0.3 is 19.1 Å². The van der Waals surface area contributed by atoms with E-state index in [9.17, 15) is 9.59 Å². The van der Waals surface area contributed by atoms with Gasteiger partial charge in [0.15, 0.2) is 0 Å². The molecule has 0 aliphatic carbocycles. The normalized spacial score (nSPS) is 10.6. The molecule has 1 aromatic carbocycles. The second-order valence-electron chi connectivity index (χ2n) is 4.37. The van der Waals surface area contributed by atoms with Crippen molar-refractivity contribution in [2.75, 3.05) is 14.2 Å². The number of aliphatic carboxylic acids is 1. The molecule has 2 aromatic rings. The molecule has 0 spiro atoms. The Morgan fingerprint density at radius 2 is 1.95 bits per heavy atom. The first-order valence-corrected chi connectivity index (χ1v) is 5.94. The third-order valence-electron chi connectivity index (χ3n) is 3.12. The number of fused-ring (bicyclic) bond motifs is 1. The van der Waals surface area contributed by atoms with Crippen LogP contribution in [-0.4, -0.2) is 29.9 Å². The van der Waals surface area contributed by atoms with Crippen LogP contribution in [0.2, 0.25) is 0 Å². The Labute approximate surface area is 115 Å². The zero-order valence-electron chi connectivity index (χ0n) is 11.5. The zero-order chi connectivity index (χ0) is 14.9. The van der Waals surface area contributed by atoms with Gasteiger partial charge in [0.2, 0.25) is 0 Å². The minimum absolute atomic E-state index is 0.225. The van der Waals surface area contributed by atoms with Gasteiger partial charge in [-0.05, 0) is 12.1 Å². The molecule has 0 fully saturated rings. The molecule has 20 heavy (non-hydrogen) atoms. The molecule has 0 aliphatic rings. The summed E-state index contributed by atoms with van der Waals surface area (Å²) in [6.45, 7) is 0. The van der Waals surface area contributed by atoms with Crippen molar-refractivity contribution in [3.05, 3.63) is 34.1 Å². The maximum Gasteiger partial charge on any atom is 0.308 e. The van der Waals surface area contributed by atoms with Crippen LogP contribution in [-0.2, 0) is 18.3 Å². The number of ether oxygens (including phenoxy) is 2. The van der Waals surface area contributed by atoms with Crippen LogP contribution in [0.1, 0.15) is 5.56 Å². The number of hydrogen-bond donors (Lipinski definition) is 1. The Morgan fingerprint density at radius 3 is 2.50 bits per heavy atom. The number of methoxy groups -OCH3 is 2. The summed E-state index contributed by atoms with van der Waals surface area (Å²) in [5, 5.41) is 9.55. The van der Waals surface area contributed by atoms with Crippen molar-refractivity contribution in [3.63, 3.8) is 0 Å². The molecule has 0 radical (unpaired) electrons. The van der Waals surface area contributed by atoms with Gasteiger partial charge in [0.1, 0.15) is 11.5 Å². The maximum atomic E-state index is 12.2. The van der Waals surface area contributed by atoms with Gasteiger partial charge >= 0.3 is 5.97 Å². The number of aryl methyl sites for hydroxylation is 1. The number of pyridine rings is 1. The monoisotopic (exact) mass is 277 g/mol. The average Bonchev–Trinajstić information content (AvgIpc) is 2.42. The fraction of sp³-hybridized carbons (Fsp3) is 0.286. The van der Waals surface area contributed by atoms with E-state index < -0.39 is 5.97 Å². The molecule has 0 saturated carbocycles. The molecule has 2 rings (SSSR count). The van der Waals surface area contributed by atoms with Crippen LogP contribution >= 0.6 is 0 Å². The van der Waals surface area contributed by atoms with Crippen LogP contribution in [0.4, 0.5) is 0 Å². The molecule has 0 unspecified atom stereocenters. The summed E-state index contributed by atoms with van der Waals surface area (Å²) in [5.41, 5.74) is 0.485. The molecule has 0 atom stereocenters. The maximum absolute atomic E-state index is 12.2. The van der Waals surface area contributed by atoms with Crippen LogP contribution < -0.4 is 15.0 Å². The van der Waals surface area contributed by atoms with Crippen LogP contribution in [0.3, 0.4) is 0 Å². The summed E-state index contributed by atoms with van der Waals surface area (Å²) < 4.78 is 11.8. The Hall–Kier alpha value is -2.50. The van der Waals surface area contributed by atoms with Crippen LogP contribution in [0.5, 0.6) is 11.5 Å². The first-order chi connectivity index (χ1) is 9.47. The molecular formula is C14H15NO5. The standard InChI is InChI=1S/C14H15NO5/c1-15-13-8(4-9(14(15)18)6-12(16)17)5-10(19-2)7-11(13)20-3/h4-5,7H,6H2,1-3H3,(H,16,17). The Balaban J connectivity index is 2.82. The number of hydrogen-bond acceptors (Lipinski definition) is 4. The number of carbonyl (C=O) groups is 1. The highest BCUT2D eigenvalue weighted by Crippen LogP contribution is 2.30. The van der Waals surface area contributed by atoms with Crippen molar-refractivity contribution < 1.29 is 19.4 Å². The zero-order valence-corrected chi connectivity index (χ0v) is 11.5. The van der Waals surface area contributed by atoms with Gasteiger partial charge in [0.25, 0.3) is 5.56 Å². The van der Waals surface area contributed by atoms with Gasteiger partial charge in [-0.2, -0.15) is 0 Å². The fourth-order valence-corrected chi connectivity index (χ4v) is 2.20. The first kappa shape index (κ1) is 13.9. The molecule has 0 bridgehead atoms. The van der Waals surface area contributed by atoms with E-state index in [1.807, 2.05) is 0 Å². The summed E-state index contributed by atoms with van der Waals surface area (Å²) in [7, 11) is 4.62. The molecule has 6 heteroatoms. The third kappa shape index (κ3) is 2.32. The Kier molecular flexibility index (Phi) is 3.65. The predicted octanol–water partition coefficient (Wildman–Crippen LogP) is 1.18. The van der Waals surface area contributed by atoms with Crippen molar-refractivity contribution in [2.24, 2.45) is 7.05 Å². The number of rotatable bonds is 4. The van der Waals surface area contributed by atoms with Gasteiger partial charge in [-0.15, -0.1) is 0 Å². The van der Waals surface area contributed by atoms with Gasteiger partial charge in [-0.1, -0.05) is 0 Å². The minimum atomic E-state index is -1.05. The molecule has 0 amide bonds. The summed E-state index contributed by atoms with van der Waals surface area (Å²) in [5.74, 6) is 0.0337. The Bertz CT molecular complexity index is 732. The smallest absolute Gasteiger partial charge is 0.308 e. The number of carboxylic acids is 1. The van der Waals surface area contributed by atoms with Crippen molar-refractivity contribution in [1.82, 2.24) is 4.57 Å². The minimum Gasteiger partial charge on any atom is -0.497 e.